The fourth-order valence-electron chi connectivity index (χ4n) is 1.65. The van der Waals surface area contributed by atoms with E-state index >= 15 is 0 Å². The molecule has 1 unspecified atom stereocenters. The first kappa shape index (κ1) is 13.1. The maximum atomic E-state index is 9.32. The number of aromatic nitrogens is 1. The van der Waals surface area contributed by atoms with E-state index in [1.54, 1.807) is 12.3 Å². The quantitative estimate of drug-likeness (QED) is 0.640. The maximum absolute atomic E-state index is 9.32. The Kier molecular flexibility index (Phi) is 4.00. The smallest absolute Gasteiger partial charge is 0.0954 e. The van der Waals surface area contributed by atoms with Crippen molar-refractivity contribution in [2.75, 3.05) is 24.2 Å². The fourth-order valence-corrected chi connectivity index (χ4v) is 1.98. The molecular weight excluding hydrogens is 298 g/mol. The van der Waals surface area contributed by atoms with Gasteiger partial charge in [0, 0.05) is 28.3 Å². The minimum absolute atomic E-state index is 0.257. The first-order chi connectivity index (χ1) is 8.61. The van der Waals surface area contributed by atoms with Gasteiger partial charge in [0.2, 0.25) is 0 Å². The second-order valence-electron chi connectivity index (χ2n) is 3.97. The lowest BCUT2D eigenvalue weighted by molar-refractivity contribution is 0.105. The number of anilines is 2. The fraction of sp³-hybridized carbons (Fsp3) is 0.250. The van der Waals surface area contributed by atoms with Crippen molar-refractivity contribution in [1.82, 2.24) is 4.98 Å². The Morgan fingerprint density at radius 3 is 2.94 bits per heavy atom. The molecule has 0 fully saturated rings. The van der Waals surface area contributed by atoms with Gasteiger partial charge in [-0.15, -0.1) is 0 Å². The van der Waals surface area contributed by atoms with Crippen molar-refractivity contribution in [3.05, 3.63) is 28.9 Å². The molecule has 2 aromatic rings. The van der Waals surface area contributed by atoms with E-state index in [0.29, 0.717) is 5.69 Å². The van der Waals surface area contributed by atoms with E-state index in [1.807, 2.05) is 12.1 Å². The predicted octanol–water partition coefficient (Wildman–Crippen LogP) is 1.34. The van der Waals surface area contributed by atoms with E-state index in [4.69, 9.17) is 10.8 Å². The zero-order chi connectivity index (χ0) is 13.1. The van der Waals surface area contributed by atoms with Crippen molar-refractivity contribution in [1.29, 1.82) is 0 Å². The van der Waals surface area contributed by atoms with E-state index in [0.717, 1.165) is 21.1 Å². The van der Waals surface area contributed by atoms with Gasteiger partial charge in [-0.2, -0.15) is 0 Å². The highest BCUT2D eigenvalue weighted by Crippen LogP contribution is 2.28. The van der Waals surface area contributed by atoms with Crippen LogP contribution in [0.4, 0.5) is 11.4 Å². The molecule has 0 bridgehead atoms. The topological polar surface area (TPSA) is 91.4 Å². The molecule has 0 aliphatic carbocycles. The van der Waals surface area contributed by atoms with Crippen LogP contribution in [0.2, 0.25) is 0 Å². The highest BCUT2D eigenvalue weighted by molar-refractivity contribution is 9.10. The summed E-state index contributed by atoms with van der Waals surface area (Å²) in [5, 5.41) is 22.0. The molecule has 1 aromatic heterocycles. The molecule has 96 valence electrons. The van der Waals surface area contributed by atoms with Crippen molar-refractivity contribution < 1.29 is 10.2 Å². The number of nitrogens with zero attached hydrogens (tertiary/aromatic N) is 1. The average Bonchev–Trinajstić information content (AvgIpc) is 2.38. The van der Waals surface area contributed by atoms with Gasteiger partial charge in [0.25, 0.3) is 0 Å². The third kappa shape index (κ3) is 2.72. The van der Waals surface area contributed by atoms with Crippen molar-refractivity contribution in [2.45, 2.75) is 6.10 Å². The lowest BCUT2D eigenvalue weighted by atomic mass is 10.1. The SMILES string of the molecule is Nc1ccc(NCC(O)CO)c2ncc(Br)cc12. The van der Waals surface area contributed by atoms with Gasteiger partial charge in [0.15, 0.2) is 0 Å². The second-order valence-corrected chi connectivity index (χ2v) is 4.89. The van der Waals surface area contributed by atoms with Crippen LogP contribution in [0.15, 0.2) is 28.9 Å². The monoisotopic (exact) mass is 311 g/mol. The number of hydrogen-bond acceptors (Lipinski definition) is 5. The Hall–Kier alpha value is -1.37. The molecule has 2 rings (SSSR count). The zero-order valence-electron chi connectivity index (χ0n) is 9.60. The number of fused-ring (bicyclic) bond motifs is 1. The molecule has 1 atom stereocenters. The third-order valence-electron chi connectivity index (χ3n) is 2.59. The molecular formula is C12H14BrN3O2. The van der Waals surface area contributed by atoms with Gasteiger partial charge in [-0.05, 0) is 34.1 Å². The van der Waals surface area contributed by atoms with Crippen LogP contribution in [0.25, 0.3) is 10.9 Å². The number of nitrogen functional groups attached to an aromatic ring is 1. The molecule has 0 aliphatic rings. The summed E-state index contributed by atoms with van der Waals surface area (Å²) in [6.45, 7) is -0.0217. The van der Waals surface area contributed by atoms with Gasteiger partial charge in [-0.3, -0.25) is 4.98 Å². The second kappa shape index (κ2) is 5.51. The van der Waals surface area contributed by atoms with E-state index in [-0.39, 0.29) is 13.2 Å². The number of aliphatic hydroxyl groups is 2. The first-order valence-corrected chi connectivity index (χ1v) is 6.27. The van der Waals surface area contributed by atoms with Gasteiger partial charge in [-0.1, -0.05) is 0 Å². The normalized spacial score (nSPS) is 12.6. The molecule has 1 aromatic carbocycles. The van der Waals surface area contributed by atoms with E-state index < -0.39 is 6.10 Å². The summed E-state index contributed by atoms with van der Waals surface area (Å²) < 4.78 is 0.856. The summed E-state index contributed by atoms with van der Waals surface area (Å²) in [6.07, 6.45) is 0.892. The van der Waals surface area contributed by atoms with Crippen molar-refractivity contribution in [3.8, 4) is 0 Å². The number of nitrogens with two attached hydrogens (primary N) is 1. The van der Waals surface area contributed by atoms with Gasteiger partial charge < -0.3 is 21.3 Å². The molecule has 18 heavy (non-hydrogen) atoms. The largest absolute Gasteiger partial charge is 0.398 e. The van der Waals surface area contributed by atoms with Crippen LogP contribution >= 0.6 is 15.9 Å². The van der Waals surface area contributed by atoms with Crippen LogP contribution < -0.4 is 11.1 Å². The van der Waals surface area contributed by atoms with E-state index in [9.17, 15) is 5.11 Å². The predicted molar refractivity (Wildman–Crippen MR) is 75.4 cm³/mol. The van der Waals surface area contributed by atoms with Crippen LogP contribution in [0.5, 0.6) is 0 Å². The molecule has 0 spiro atoms. The van der Waals surface area contributed by atoms with Gasteiger partial charge >= 0.3 is 0 Å². The summed E-state index contributed by atoms with van der Waals surface area (Å²) in [7, 11) is 0. The van der Waals surface area contributed by atoms with Crippen molar-refractivity contribution in [3.63, 3.8) is 0 Å². The van der Waals surface area contributed by atoms with Crippen LogP contribution in [0.1, 0.15) is 0 Å². The highest BCUT2D eigenvalue weighted by Gasteiger charge is 2.08. The van der Waals surface area contributed by atoms with Crippen LogP contribution in [0, 0.1) is 0 Å². The summed E-state index contributed by atoms with van der Waals surface area (Å²) in [6, 6.07) is 5.48. The summed E-state index contributed by atoms with van der Waals surface area (Å²) in [4.78, 5) is 4.31. The highest BCUT2D eigenvalue weighted by atomic mass is 79.9. The molecule has 5 N–H and O–H groups in total. The Balaban J connectivity index is 2.37. The van der Waals surface area contributed by atoms with Gasteiger partial charge in [0.1, 0.15) is 0 Å². The number of benzene rings is 1. The third-order valence-corrected chi connectivity index (χ3v) is 3.02. The van der Waals surface area contributed by atoms with E-state index in [1.165, 1.54) is 0 Å². The number of halogens is 1. The van der Waals surface area contributed by atoms with Crippen molar-refractivity contribution >= 4 is 38.2 Å². The Morgan fingerprint density at radius 2 is 2.22 bits per heavy atom. The minimum Gasteiger partial charge on any atom is -0.398 e. The van der Waals surface area contributed by atoms with Gasteiger partial charge in [0.05, 0.1) is 23.9 Å². The molecule has 0 saturated heterocycles. The van der Waals surface area contributed by atoms with Crippen LogP contribution in [0.3, 0.4) is 0 Å². The molecule has 5 nitrogen and oxygen atoms in total. The van der Waals surface area contributed by atoms with Crippen molar-refractivity contribution in [2.24, 2.45) is 0 Å². The molecule has 0 radical (unpaired) electrons. The van der Waals surface area contributed by atoms with Gasteiger partial charge in [-0.25, -0.2) is 0 Å². The Labute approximate surface area is 113 Å². The number of rotatable bonds is 4. The molecule has 0 aliphatic heterocycles. The number of hydrogen-bond donors (Lipinski definition) is 4. The number of aliphatic hydroxyl groups excluding tert-OH is 2. The summed E-state index contributed by atoms with van der Waals surface area (Å²) in [5.74, 6) is 0. The maximum Gasteiger partial charge on any atom is 0.0954 e. The molecule has 1 heterocycles. The molecule has 6 heteroatoms. The average molecular weight is 312 g/mol. The summed E-state index contributed by atoms with van der Waals surface area (Å²) in [5.41, 5.74) is 8.06. The Bertz CT molecular complexity index is 562. The lowest BCUT2D eigenvalue weighted by Gasteiger charge is -2.13. The minimum atomic E-state index is -0.798. The molecule has 0 saturated carbocycles. The number of pyridine rings is 1. The Morgan fingerprint density at radius 1 is 1.44 bits per heavy atom. The lowest BCUT2D eigenvalue weighted by Crippen LogP contribution is -2.23. The van der Waals surface area contributed by atoms with Crippen LogP contribution in [-0.4, -0.2) is 34.5 Å². The zero-order valence-corrected chi connectivity index (χ0v) is 11.2. The molecule has 0 amide bonds. The van der Waals surface area contributed by atoms with Crippen LogP contribution in [-0.2, 0) is 0 Å². The van der Waals surface area contributed by atoms with E-state index in [2.05, 4.69) is 26.2 Å². The number of nitrogens with one attached hydrogen (secondary N) is 1. The standard InChI is InChI=1S/C12H14BrN3O2/c13-7-3-9-10(14)1-2-11(12(9)16-4-7)15-5-8(18)6-17/h1-4,8,15,17-18H,5-6,14H2. The summed E-state index contributed by atoms with van der Waals surface area (Å²) >= 11 is 3.35. The first-order valence-electron chi connectivity index (χ1n) is 5.48.